The fourth-order valence-corrected chi connectivity index (χ4v) is 2.71. The molecule has 0 saturated carbocycles. The summed E-state index contributed by atoms with van der Waals surface area (Å²) in [6, 6.07) is 10.5. The topological polar surface area (TPSA) is 23.5 Å². The fourth-order valence-electron chi connectivity index (χ4n) is 2.71. The summed E-state index contributed by atoms with van der Waals surface area (Å²) in [6.07, 6.45) is 2.06. The number of fused-ring (bicyclic) bond motifs is 1. The Bertz CT molecular complexity index is 619. The Morgan fingerprint density at radius 1 is 1.10 bits per heavy atom. The lowest BCUT2D eigenvalue weighted by atomic mass is 10.0. The van der Waals surface area contributed by atoms with Crippen molar-refractivity contribution in [3.8, 4) is 5.75 Å². The first-order chi connectivity index (χ1) is 9.65. The van der Waals surface area contributed by atoms with Crippen LogP contribution in [0.5, 0.6) is 5.75 Å². The molecule has 0 fully saturated rings. The average molecular weight is 275 g/mol. The molecule has 0 bridgehead atoms. The van der Waals surface area contributed by atoms with Crippen LogP contribution in [-0.4, -0.2) is 11.7 Å². The molecule has 0 atom stereocenters. The van der Waals surface area contributed by atoms with E-state index in [4.69, 9.17) is 5.11 Å². The van der Waals surface area contributed by atoms with Gasteiger partial charge in [-0.2, -0.15) is 0 Å². The van der Waals surface area contributed by atoms with Gasteiger partial charge in [0.1, 0.15) is 0 Å². The van der Waals surface area contributed by atoms with Gasteiger partial charge in [0.2, 0.25) is 0 Å². The minimum atomic E-state index is -0.912. The van der Waals surface area contributed by atoms with Crippen LogP contribution in [0.25, 0.3) is 0 Å². The Hall–Kier alpha value is -2.10. The number of rotatable bonds is 2. The summed E-state index contributed by atoms with van der Waals surface area (Å²) >= 11 is 0. The molecular formula is C16H15F2NO. The average Bonchev–Trinajstić information content (AvgIpc) is 2.45. The summed E-state index contributed by atoms with van der Waals surface area (Å²) in [5.74, 6) is -2.73. The SMILES string of the molecule is Oc1c(F)cc(CN2CCCc3ccccc32)cc1F. The van der Waals surface area contributed by atoms with E-state index in [9.17, 15) is 8.78 Å². The molecular weight excluding hydrogens is 260 g/mol. The number of hydrogen-bond acceptors (Lipinski definition) is 2. The number of aryl methyl sites for hydroxylation is 1. The minimum absolute atomic E-state index is 0.436. The molecule has 3 rings (SSSR count). The monoisotopic (exact) mass is 275 g/mol. The van der Waals surface area contributed by atoms with E-state index in [1.807, 2.05) is 18.2 Å². The summed E-state index contributed by atoms with van der Waals surface area (Å²) in [4.78, 5) is 2.12. The molecule has 0 saturated heterocycles. The number of benzene rings is 2. The molecule has 2 aromatic carbocycles. The van der Waals surface area contributed by atoms with Crippen molar-refractivity contribution >= 4 is 5.69 Å². The molecule has 0 spiro atoms. The van der Waals surface area contributed by atoms with E-state index < -0.39 is 17.4 Å². The second kappa shape index (κ2) is 5.12. The van der Waals surface area contributed by atoms with Crippen LogP contribution in [0, 0.1) is 11.6 Å². The summed E-state index contributed by atoms with van der Waals surface area (Å²) in [5.41, 5.74) is 2.90. The normalized spacial score (nSPS) is 14.2. The smallest absolute Gasteiger partial charge is 0.187 e. The highest BCUT2D eigenvalue weighted by molar-refractivity contribution is 5.55. The Kier molecular flexibility index (Phi) is 3.30. The van der Waals surface area contributed by atoms with Crippen molar-refractivity contribution in [2.75, 3.05) is 11.4 Å². The zero-order valence-electron chi connectivity index (χ0n) is 10.9. The van der Waals surface area contributed by atoms with E-state index in [-0.39, 0.29) is 0 Å². The Morgan fingerprint density at radius 2 is 1.80 bits per heavy atom. The fraction of sp³-hybridized carbons (Fsp3) is 0.250. The molecule has 1 aliphatic heterocycles. The lowest BCUT2D eigenvalue weighted by Crippen LogP contribution is -2.28. The van der Waals surface area contributed by atoms with E-state index >= 15 is 0 Å². The molecule has 0 amide bonds. The lowest BCUT2D eigenvalue weighted by Gasteiger charge is -2.31. The van der Waals surface area contributed by atoms with Crippen molar-refractivity contribution in [3.05, 3.63) is 59.2 Å². The van der Waals surface area contributed by atoms with Crippen LogP contribution in [0.1, 0.15) is 17.5 Å². The van der Waals surface area contributed by atoms with Gasteiger partial charge in [-0.1, -0.05) is 18.2 Å². The number of phenolic OH excluding ortho intramolecular Hbond substituents is 1. The van der Waals surface area contributed by atoms with Gasteiger partial charge in [0, 0.05) is 18.8 Å². The summed E-state index contributed by atoms with van der Waals surface area (Å²) in [7, 11) is 0. The third-order valence-electron chi connectivity index (χ3n) is 3.66. The van der Waals surface area contributed by atoms with Crippen molar-refractivity contribution in [2.24, 2.45) is 0 Å². The van der Waals surface area contributed by atoms with Gasteiger partial charge in [0.15, 0.2) is 17.4 Å². The second-order valence-electron chi connectivity index (χ2n) is 5.06. The third kappa shape index (κ3) is 2.33. The van der Waals surface area contributed by atoms with E-state index in [0.717, 1.165) is 25.1 Å². The Balaban J connectivity index is 1.89. The first-order valence-electron chi connectivity index (χ1n) is 6.65. The maximum absolute atomic E-state index is 13.4. The van der Waals surface area contributed by atoms with Crippen LogP contribution >= 0.6 is 0 Å². The molecule has 0 aliphatic carbocycles. The van der Waals surface area contributed by atoms with Gasteiger partial charge < -0.3 is 10.0 Å². The highest BCUT2D eigenvalue weighted by Gasteiger charge is 2.18. The van der Waals surface area contributed by atoms with Crippen molar-refractivity contribution in [1.82, 2.24) is 0 Å². The molecule has 0 unspecified atom stereocenters. The van der Waals surface area contributed by atoms with Crippen molar-refractivity contribution in [1.29, 1.82) is 0 Å². The van der Waals surface area contributed by atoms with Crippen LogP contribution in [0.4, 0.5) is 14.5 Å². The summed E-state index contributed by atoms with van der Waals surface area (Å²) < 4.78 is 26.8. The standard InChI is InChI=1S/C16H15F2NO/c17-13-8-11(9-14(18)16(13)20)10-19-7-3-5-12-4-1-2-6-15(12)19/h1-2,4,6,8-9,20H,3,5,7,10H2. The van der Waals surface area contributed by atoms with Crippen LogP contribution in [0.3, 0.4) is 0 Å². The zero-order chi connectivity index (χ0) is 14.1. The largest absolute Gasteiger partial charge is 0.503 e. The number of anilines is 1. The second-order valence-corrected chi connectivity index (χ2v) is 5.06. The molecule has 4 heteroatoms. The molecule has 1 N–H and O–H groups in total. The van der Waals surface area contributed by atoms with Gasteiger partial charge in [-0.3, -0.25) is 0 Å². The van der Waals surface area contributed by atoms with Crippen molar-refractivity contribution < 1.29 is 13.9 Å². The maximum atomic E-state index is 13.4. The number of nitrogens with zero attached hydrogens (tertiary/aromatic N) is 1. The molecule has 2 nitrogen and oxygen atoms in total. The molecule has 1 heterocycles. The van der Waals surface area contributed by atoms with E-state index in [2.05, 4.69) is 11.0 Å². The van der Waals surface area contributed by atoms with Gasteiger partial charge in [0.05, 0.1) is 0 Å². The van der Waals surface area contributed by atoms with Crippen LogP contribution in [-0.2, 0) is 13.0 Å². The third-order valence-corrected chi connectivity index (χ3v) is 3.66. The van der Waals surface area contributed by atoms with E-state index in [1.54, 1.807) is 0 Å². The number of para-hydroxylation sites is 1. The van der Waals surface area contributed by atoms with Gasteiger partial charge in [-0.25, -0.2) is 8.78 Å². The predicted octanol–water partition coefficient (Wildman–Crippen LogP) is 3.62. The van der Waals surface area contributed by atoms with Gasteiger partial charge in [0.25, 0.3) is 0 Å². The maximum Gasteiger partial charge on any atom is 0.187 e. The number of halogens is 2. The van der Waals surface area contributed by atoms with Crippen molar-refractivity contribution in [2.45, 2.75) is 19.4 Å². The van der Waals surface area contributed by atoms with Crippen LogP contribution < -0.4 is 4.90 Å². The zero-order valence-corrected chi connectivity index (χ0v) is 10.9. The van der Waals surface area contributed by atoms with Crippen LogP contribution in [0.15, 0.2) is 36.4 Å². The van der Waals surface area contributed by atoms with E-state index in [1.165, 1.54) is 17.7 Å². The highest BCUT2D eigenvalue weighted by Crippen LogP contribution is 2.29. The molecule has 104 valence electrons. The molecule has 0 aromatic heterocycles. The quantitative estimate of drug-likeness (QED) is 0.904. The van der Waals surface area contributed by atoms with Gasteiger partial charge in [-0.05, 0) is 42.2 Å². The van der Waals surface area contributed by atoms with E-state index in [0.29, 0.717) is 12.1 Å². The molecule has 1 aliphatic rings. The Labute approximate surface area is 116 Å². The molecule has 20 heavy (non-hydrogen) atoms. The minimum Gasteiger partial charge on any atom is -0.503 e. The predicted molar refractivity (Wildman–Crippen MR) is 73.8 cm³/mol. The highest BCUT2D eigenvalue weighted by atomic mass is 19.1. The lowest BCUT2D eigenvalue weighted by molar-refractivity contribution is 0.395. The van der Waals surface area contributed by atoms with Gasteiger partial charge in [-0.15, -0.1) is 0 Å². The summed E-state index contributed by atoms with van der Waals surface area (Å²) in [6.45, 7) is 1.30. The van der Waals surface area contributed by atoms with Crippen molar-refractivity contribution in [3.63, 3.8) is 0 Å². The summed E-state index contributed by atoms with van der Waals surface area (Å²) in [5, 5.41) is 9.13. The number of hydrogen-bond donors (Lipinski definition) is 1. The first-order valence-corrected chi connectivity index (χ1v) is 6.65. The van der Waals surface area contributed by atoms with Crippen LogP contribution in [0.2, 0.25) is 0 Å². The molecule has 0 radical (unpaired) electrons. The number of phenols is 1. The Morgan fingerprint density at radius 3 is 2.55 bits per heavy atom. The number of aromatic hydroxyl groups is 1. The first kappa shape index (κ1) is 12.9. The van der Waals surface area contributed by atoms with Gasteiger partial charge >= 0.3 is 0 Å². The molecule has 2 aromatic rings.